The fourth-order valence-electron chi connectivity index (χ4n) is 5.12. The van der Waals surface area contributed by atoms with Gasteiger partial charge < -0.3 is 15.5 Å². The topological polar surface area (TPSA) is 83.3 Å². The summed E-state index contributed by atoms with van der Waals surface area (Å²) in [6, 6.07) is 8.25. The molecule has 0 spiro atoms. The maximum Gasteiger partial charge on any atom is 0.230 e. The summed E-state index contributed by atoms with van der Waals surface area (Å²) in [6.45, 7) is 6.10. The van der Waals surface area contributed by atoms with Crippen LogP contribution in [0.4, 0.5) is 17.5 Å². The van der Waals surface area contributed by atoms with Crippen LogP contribution >= 0.6 is 0 Å². The molecule has 0 aromatic carbocycles. The van der Waals surface area contributed by atoms with Gasteiger partial charge in [0.1, 0.15) is 11.5 Å². The number of hydrogen-bond acceptors (Lipinski definition) is 7. The van der Waals surface area contributed by atoms with Crippen LogP contribution in [0.25, 0.3) is 16.7 Å². The van der Waals surface area contributed by atoms with Gasteiger partial charge in [-0.05, 0) is 44.0 Å². The number of nitrogens with one attached hydrogen (secondary N) is 2. The molecule has 1 aliphatic carbocycles. The summed E-state index contributed by atoms with van der Waals surface area (Å²) < 4.78 is 2.21. The third-order valence-electron chi connectivity index (χ3n) is 6.77. The third kappa shape index (κ3) is 3.44. The number of pyridine rings is 2. The zero-order valence-electron chi connectivity index (χ0n) is 18.4. The molecular weight excluding hydrogens is 400 g/mol. The predicted octanol–water partition coefficient (Wildman–Crippen LogP) is 3.79. The summed E-state index contributed by atoms with van der Waals surface area (Å²) in [7, 11) is 0. The summed E-state index contributed by atoms with van der Waals surface area (Å²) in [5.41, 5.74) is 5.31. The second-order valence-corrected chi connectivity index (χ2v) is 8.83. The Morgan fingerprint density at radius 2 is 1.81 bits per heavy atom. The largest absolute Gasteiger partial charge is 0.368 e. The number of hydrogen-bond donors (Lipinski definition) is 2. The summed E-state index contributed by atoms with van der Waals surface area (Å²) >= 11 is 0. The number of anilines is 3. The molecule has 6 rings (SSSR count). The van der Waals surface area contributed by atoms with Crippen molar-refractivity contribution in [1.82, 2.24) is 29.7 Å². The Hall–Kier alpha value is -3.26. The number of piperazine rings is 1. The van der Waals surface area contributed by atoms with Gasteiger partial charge in [0.15, 0.2) is 5.65 Å². The van der Waals surface area contributed by atoms with Gasteiger partial charge in [0.05, 0.1) is 11.4 Å². The van der Waals surface area contributed by atoms with Gasteiger partial charge >= 0.3 is 0 Å². The third-order valence-corrected chi connectivity index (χ3v) is 6.77. The Bertz CT molecular complexity index is 1270. The molecular formula is C24H28N8. The van der Waals surface area contributed by atoms with Crippen LogP contribution < -0.4 is 15.5 Å². The quantitative estimate of drug-likeness (QED) is 0.512. The zero-order chi connectivity index (χ0) is 21.5. The van der Waals surface area contributed by atoms with Gasteiger partial charge in [0.25, 0.3) is 0 Å². The molecule has 0 atom stereocenters. The maximum absolute atomic E-state index is 4.89. The molecule has 5 heterocycles. The molecule has 164 valence electrons. The highest BCUT2D eigenvalue weighted by molar-refractivity contribution is 5.79. The van der Waals surface area contributed by atoms with Gasteiger partial charge in [0, 0.05) is 55.6 Å². The van der Waals surface area contributed by atoms with Gasteiger partial charge in [-0.25, -0.2) is 15.0 Å². The first-order chi connectivity index (χ1) is 15.8. The van der Waals surface area contributed by atoms with Crippen molar-refractivity contribution in [3.8, 4) is 0 Å². The van der Waals surface area contributed by atoms with Crippen molar-refractivity contribution in [1.29, 1.82) is 0 Å². The van der Waals surface area contributed by atoms with Crippen molar-refractivity contribution in [3.63, 3.8) is 0 Å². The molecule has 8 heteroatoms. The summed E-state index contributed by atoms with van der Waals surface area (Å²) in [6.07, 6.45) is 8.94. The first-order valence-electron chi connectivity index (χ1n) is 11.6. The van der Waals surface area contributed by atoms with Gasteiger partial charge in [-0.1, -0.05) is 12.8 Å². The van der Waals surface area contributed by atoms with Gasteiger partial charge in [-0.2, -0.15) is 4.98 Å². The van der Waals surface area contributed by atoms with E-state index in [0.29, 0.717) is 11.9 Å². The van der Waals surface area contributed by atoms with E-state index < -0.39 is 0 Å². The summed E-state index contributed by atoms with van der Waals surface area (Å²) in [5, 5.41) is 7.72. The number of fused-ring (bicyclic) bond motifs is 3. The fourth-order valence-corrected chi connectivity index (χ4v) is 5.12. The molecule has 0 unspecified atom stereocenters. The van der Waals surface area contributed by atoms with Crippen LogP contribution in [0.5, 0.6) is 0 Å². The monoisotopic (exact) mass is 428 g/mol. The molecule has 2 fully saturated rings. The molecule has 1 aliphatic heterocycles. The number of nitrogens with zero attached hydrogens (tertiary/aromatic N) is 6. The van der Waals surface area contributed by atoms with Crippen molar-refractivity contribution in [2.24, 2.45) is 0 Å². The zero-order valence-corrected chi connectivity index (χ0v) is 18.4. The SMILES string of the molecule is Cc1nc(Nc2ncc3ccc4ncc(C5CCCC5)n4c3n2)ccc1N1CCNCC1. The van der Waals surface area contributed by atoms with E-state index in [9.17, 15) is 0 Å². The van der Waals surface area contributed by atoms with Crippen molar-refractivity contribution in [2.45, 2.75) is 38.5 Å². The Morgan fingerprint density at radius 3 is 2.62 bits per heavy atom. The first kappa shape index (κ1) is 19.4. The van der Waals surface area contributed by atoms with Crippen molar-refractivity contribution in [2.75, 3.05) is 36.4 Å². The van der Waals surface area contributed by atoms with Crippen molar-refractivity contribution >= 4 is 34.1 Å². The average Bonchev–Trinajstić information content (AvgIpc) is 3.50. The summed E-state index contributed by atoms with van der Waals surface area (Å²) in [5.74, 6) is 1.87. The molecule has 4 aromatic heterocycles. The Balaban J connectivity index is 1.34. The molecule has 1 saturated carbocycles. The molecule has 1 saturated heterocycles. The number of rotatable bonds is 4. The highest BCUT2D eigenvalue weighted by atomic mass is 15.2. The van der Waals surface area contributed by atoms with Gasteiger partial charge in [-0.15, -0.1) is 0 Å². The van der Waals surface area contributed by atoms with Gasteiger partial charge in [-0.3, -0.25) is 4.40 Å². The van der Waals surface area contributed by atoms with E-state index >= 15 is 0 Å². The lowest BCUT2D eigenvalue weighted by Gasteiger charge is -2.30. The normalized spacial score (nSPS) is 17.5. The van der Waals surface area contributed by atoms with Crippen LogP contribution in [0.3, 0.4) is 0 Å². The molecule has 2 N–H and O–H groups in total. The predicted molar refractivity (Wildman–Crippen MR) is 127 cm³/mol. The fraction of sp³-hybridized carbons (Fsp3) is 0.417. The first-order valence-corrected chi connectivity index (χ1v) is 11.6. The smallest absolute Gasteiger partial charge is 0.230 e. The standard InChI is InChI=1S/C24H28N8/c1-16-19(31-12-10-25-11-13-31)7-8-21(28-16)29-24-27-14-18-6-9-22-26-15-20(17-4-2-3-5-17)32(22)23(18)30-24/h6-9,14-15,17,25H,2-5,10-13H2,1H3,(H,27,28,29,30). The molecule has 0 radical (unpaired) electrons. The van der Waals surface area contributed by atoms with Crippen LogP contribution in [0.15, 0.2) is 36.7 Å². The molecule has 0 amide bonds. The van der Waals surface area contributed by atoms with Crippen LogP contribution in [0.2, 0.25) is 0 Å². The lowest BCUT2D eigenvalue weighted by molar-refractivity contribution is 0.588. The second kappa shape index (κ2) is 8.02. The minimum absolute atomic E-state index is 0.554. The lowest BCUT2D eigenvalue weighted by Crippen LogP contribution is -2.43. The van der Waals surface area contributed by atoms with E-state index in [0.717, 1.165) is 54.4 Å². The highest BCUT2D eigenvalue weighted by Gasteiger charge is 2.22. The number of aryl methyl sites for hydroxylation is 1. The highest BCUT2D eigenvalue weighted by Crippen LogP contribution is 2.35. The van der Waals surface area contributed by atoms with Gasteiger partial charge in [0.2, 0.25) is 5.95 Å². The molecule has 8 nitrogen and oxygen atoms in total. The van der Waals surface area contributed by atoms with Crippen molar-refractivity contribution < 1.29 is 0 Å². The second-order valence-electron chi connectivity index (χ2n) is 8.83. The minimum Gasteiger partial charge on any atom is -0.368 e. The van der Waals surface area contributed by atoms with E-state index in [2.05, 4.69) is 49.0 Å². The van der Waals surface area contributed by atoms with E-state index in [1.54, 1.807) is 0 Å². The van der Waals surface area contributed by atoms with Crippen LogP contribution in [-0.4, -0.2) is 50.5 Å². The molecule has 32 heavy (non-hydrogen) atoms. The minimum atomic E-state index is 0.554. The molecule has 2 aliphatic rings. The van der Waals surface area contributed by atoms with Crippen LogP contribution in [0.1, 0.15) is 43.0 Å². The molecule has 0 bridgehead atoms. The van der Waals surface area contributed by atoms with Crippen LogP contribution in [-0.2, 0) is 0 Å². The van der Waals surface area contributed by atoms with Crippen LogP contribution in [0, 0.1) is 6.92 Å². The maximum atomic E-state index is 4.89. The van der Waals surface area contributed by atoms with E-state index in [4.69, 9.17) is 9.97 Å². The lowest BCUT2D eigenvalue weighted by atomic mass is 10.1. The molecule has 4 aromatic rings. The Labute approximate surface area is 187 Å². The van der Waals surface area contributed by atoms with E-state index in [1.165, 1.54) is 37.1 Å². The Morgan fingerprint density at radius 1 is 0.969 bits per heavy atom. The number of aromatic nitrogens is 5. The van der Waals surface area contributed by atoms with E-state index in [1.807, 2.05) is 24.5 Å². The number of imidazole rings is 1. The summed E-state index contributed by atoms with van der Waals surface area (Å²) in [4.78, 5) is 21.3. The average molecular weight is 429 g/mol. The Kier molecular flexibility index (Phi) is 4.87. The van der Waals surface area contributed by atoms with E-state index in [-0.39, 0.29) is 0 Å². The van der Waals surface area contributed by atoms with Crippen molar-refractivity contribution in [3.05, 3.63) is 48.0 Å².